The molecule has 14 heavy (non-hydrogen) atoms. The summed E-state index contributed by atoms with van der Waals surface area (Å²) in [5.41, 5.74) is 10.2. The Balaban J connectivity index is 2.68. The summed E-state index contributed by atoms with van der Waals surface area (Å²) in [4.78, 5) is 4.41. The Morgan fingerprint density at radius 1 is 1.43 bits per heavy atom. The average molecular weight is 189 g/mol. The molecule has 0 amide bonds. The Morgan fingerprint density at radius 3 is 2.86 bits per heavy atom. The first-order valence-electron chi connectivity index (χ1n) is 4.89. The van der Waals surface area contributed by atoms with Gasteiger partial charge in [0.25, 0.3) is 0 Å². The molecule has 0 spiro atoms. The number of hydrogen-bond acceptors (Lipinski definition) is 2. The number of nitrogens with two attached hydrogens (primary N) is 1. The van der Waals surface area contributed by atoms with Crippen molar-refractivity contribution in [2.24, 2.45) is 12.8 Å². The molecule has 0 unspecified atom stereocenters. The molecule has 2 N–H and O–H groups in total. The molecule has 0 bridgehead atoms. The quantitative estimate of drug-likeness (QED) is 0.779. The monoisotopic (exact) mass is 189 g/mol. The lowest BCUT2D eigenvalue weighted by Crippen LogP contribution is -2.02. The highest BCUT2D eigenvalue weighted by Gasteiger charge is 2.05. The zero-order valence-electron chi connectivity index (χ0n) is 8.62. The maximum absolute atomic E-state index is 5.64. The van der Waals surface area contributed by atoms with Crippen molar-refractivity contribution in [3.05, 3.63) is 29.6 Å². The summed E-state index contributed by atoms with van der Waals surface area (Å²) in [7, 11) is 2.03. The lowest BCUT2D eigenvalue weighted by atomic mass is 10.2. The minimum absolute atomic E-state index is 0.564. The predicted molar refractivity (Wildman–Crippen MR) is 58.0 cm³/mol. The first kappa shape index (κ1) is 9.21. The third-order valence-electron chi connectivity index (χ3n) is 2.67. The van der Waals surface area contributed by atoms with Gasteiger partial charge in [-0.15, -0.1) is 0 Å². The number of aromatic nitrogens is 2. The molecular formula is C11H15N3. The second kappa shape index (κ2) is 3.42. The molecule has 0 saturated heterocycles. The number of rotatable bonds is 2. The van der Waals surface area contributed by atoms with E-state index in [0.29, 0.717) is 6.54 Å². The molecule has 0 atom stereocenters. The standard InChI is InChI=1S/C11H15N3/c1-3-8-4-11-10(13-7-8)5-9(6-12)14(11)2/h4-5,7H,3,6,12H2,1-2H3. The Labute approximate surface area is 83.6 Å². The SMILES string of the molecule is CCc1cnc2cc(CN)n(C)c2c1. The highest BCUT2D eigenvalue weighted by molar-refractivity contribution is 5.77. The van der Waals surface area contributed by atoms with Gasteiger partial charge in [0, 0.05) is 25.5 Å². The van der Waals surface area contributed by atoms with Crippen LogP contribution in [0.1, 0.15) is 18.2 Å². The zero-order chi connectivity index (χ0) is 10.1. The Kier molecular flexibility index (Phi) is 2.25. The van der Waals surface area contributed by atoms with E-state index in [0.717, 1.165) is 17.6 Å². The van der Waals surface area contributed by atoms with Crippen LogP contribution in [0, 0.1) is 0 Å². The van der Waals surface area contributed by atoms with Crippen LogP contribution in [0.2, 0.25) is 0 Å². The highest BCUT2D eigenvalue weighted by atomic mass is 15.0. The molecule has 0 saturated carbocycles. The van der Waals surface area contributed by atoms with Gasteiger partial charge in [0.2, 0.25) is 0 Å². The second-order valence-corrected chi connectivity index (χ2v) is 3.50. The van der Waals surface area contributed by atoms with Crippen LogP contribution in [-0.4, -0.2) is 9.55 Å². The first-order chi connectivity index (χ1) is 6.76. The second-order valence-electron chi connectivity index (χ2n) is 3.50. The van der Waals surface area contributed by atoms with E-state index in [1.807, 2.05) is 13.2 Å². The summed E-state index contributed by atoms with van der Waals surface area (Å²) in [5.74, 6) is 0. The Bertz CT molecular complexity index is 457. The lowest BCUT2D eigenvalue weighted by molar-refractivity contribution is 0.848. The van der Waals surface area contributed by atoms with Crippen molar-refractivity contribution >= 4 is 11.0 Å². The van der Waals surface area contributed by atoms with Crippen LogP contribution in [0.4, 0.5) is 0 Å². The molecule has 0 aliphatic rings. The fourth-order valence-corrected chi connectivity index (χ4v) is 1.68. The van der Waals surface area contributed by atoms with E-state index >= 15 is 0 Å². The van der Waals surface area contributed by atoms with Gasteiger partial charge in [-0.25, -0.2) is 0 Å². The number of fused-ring (bicyclic) bond motifs is 1. The zero-order valence-corrected chi connectivity index (χ0v) is 8.62. The summed E-state index contributed by atoms with van der Waals surface area (Å²) in [6.07, 6.45) is 2.95. The number of hydrogen-bond donors (Lipinski definition) is 1. The van der Waals surface area contributed by atoms with E-state index in [4.69, 9.17) is 5.73 Å². The maximum atomic E-state index is 5.64. The van der Waals surface area contributed by atoms with Gasteiger partial charge in [-0.3, -0.25) is 4.98 Å². The fraction of sp³-hybridized carbons (Fsp3) is 0.364. The van der Waals surface area contributed by atoms with Crippen LogP contribution in [0.5, 0.6) is 0 Å². The van der Waals surface area contributed by atoms with Crippen molar-refractivity contribution in [3.63, 3.8) is 0 Å². The Hall–Kier alpha value is -1.35. The molecule has 0 fully saturated rings. The van der Waals surface area contributed by atoms with E-state index in [1.54, 1.807) is 0 Å². The summed E-state index contributed by atoms with van der Waals surface area (Å²) < 4.78 is 2.11. The maximum Gasteiger partial charge on any atom is 0.0884 e. The third-order valence-corrected chi connectivity index (χ3v) is 2.67. The minimum atomic E-state index is 0.564. The van der Waals surface area contributed by atoms with Gasteiger partial charge >= 0.3 is 0 Å². The van der Waals surface area contributed by atoms with Crippen LogP contribution < -0.4 is 5.73 Å². The summed E-state index contributed by atoms with van der Waals surface area (Å²) >= 11 is 0. The van der Waals surface area contributed by atoms with Crippen molar-refractivity contribution in [3.8, 4) is 0 Å². The topological polar surface area (TPSA) is 43.8 Å². The molecule has 0 aliphatic heterocycles. The van der Waals surface area contributed by atoms with Crippen molar-refractivity contribution in [1.82, 2.24) is 9.55 Å². The van der Waals surface area contributed by atoms with Crippen LogP contribution >= 0.6 is 0 Å². The minimum Gasteiger partial charge on any atom is -0.345 e. The molecule has 0 radical (unpaired) electrons. The van der Waals surface area contributed by atoms with E-state index in [1.165, 1.54) is 11.1 Å². The molecular weight excluding hydrogens is 174 g/mol. The predicted octanol–water partition coefficient (Wildman–Crippen LogP) is 1.59. The number of pyridine rings is 1. The van der Waals surface area contributed by atoms with Crippen molar-refractivity contribution < 1.29 is 0 Å². The molecule has 2 heterocycles. The highest BCUT2D eigenvalue weighted by Crippen LogP contribution is 2.17. The van der Waals surface area contributed by atoms with Gasteiger partial charge in [-0.05, 0) is 24.1 Å². The number of aryl methyl sites for hydroxylation is 2. The van der Waals surface area contributed by atoms with E-state index in [9.17, 15) is 0 Å². The molecule has 2 aromatic rings. The smallest absolute Gasteiger partial charge is 0.0884 e. The molecule has 74 valence electrons. The van der Waals surface area contributed by atoms with Crippen LogP contribution in [0.25, 0.3) is 11.0 Å². The first-order valence-corrected chi connectivity index (χ1v) is 4.89. The van der Waals surface area contributed by atoms with Gasteiger partial charge in [-0.1, -0.05) is 6.92 Å². The molecule has 2 rings (SSSR count). The van der Waals surface area contributed by atoms with E-state index < -0.39 is 0 Å². The van der Waals surface area contributed by atoms with Gasteiger partial charge in [0.15, 0.2) is 0 Å². The average Bonchev–Trinajstić information content (AvgIpc) is 2.55. The van der Waals surface area contributed by atoms with E-state index in [-0.39, 0.29) is 0 Å². The summed E-state index contributed by atoms with van der Waals surface area (Å²) in [6, 6.07) is 4.23. The largest absolute Gasteiger partial charge is 0.345 e. The van der Waals surface area contributed by atoms with Crippen LogP contribution in [0.3, 0.4) is 0 Å². The van der Waals surface area contributed by atoms with Gasteiger partial charge < -0.3 is 10.3 Å². The van der Waals surface area contributed by atoms with Gasteiger partial charge in [0.1, 0.15) is 0 Å². The normalized spacial score (nSPS) is 11.1. The Morgan fingerprint density at radius 2 is 2.21 bits per heavy atom. The van der Waals surface area contributed by atoms with E-state index in [2.05, 4.69) is 28.6 Å². The van der Waals surface area contributed by atoms with Crippen molar-refractivity contribution in [1.29, 1.82) is 0 Å². The van der Waals surface area contributed by atoms with Gasteiger partial charge in [0.05, 0.1) is 11.0 Å². The summed E-state index contributed by atoms with van der Waals surface area (Å²) in [5, 5.41) is 0. The molecule has 3 nitrogen and oxygen atoms in total. The molecule has 3 heteroatoms. The summed E-state index contributed by atoms with van der Waals surface area (Å²) in [6.45, 7) is 2.70. The molecule has 2 aromatic heterocycles. The third kappa shape index (κ3) is 1.30. The number of nitrogens with zero attached hydrogens (tertiary/aromatic N) is 2. The fourth-order valence-electron chi connectivity index (χ4n) is 1.68. The van der Waals surface area contributed by atoms with Crippen molar-refractivity contribution in [2.45, 2.75) is 19.9 Å². The van der Waals surface area contributed by atoms with Crippen LogP contribution in [-0.2, 0) is 20.0 Å². The van der Waals surface area contributed by atoms with Crippen LogP contribution in [0.15, 0.2) is 18.3 Å². The molecule has 0 aliphatic carbocycles. The van der Waals surface area contributed by atoms with Gasteiger partial charge in [-0.2, -0.15) is 0 Å². The lowest BCUT2D eigenvalue weighted by Gasteiger charge is -2.01. The molecule has 0 aromatic carbocycles. The van der Waals surface area contributed by atoms with Crippen molar-refractivity contribution in [2.75, 3.05) is 0 Å².